The highest BCUT2D eigenvalue weighted by atomic mass is 14.1. The van der Waals surface area contributed by atoms with Gasteiger partial charge in [-0.3, -0.25) is 0 Å². The summed E-state index contributed by atoms with van der Waals surface area (Å²) >= 11 is 0. The molecule has 0 heteroatoms. The van der Waals surface area contributed by atoms with Crippen molar-refractivity contribution in [1.82, 2.24) is 0 Å². The molecule has 0 spiro atoms. The van der Waals surface area contributed by atoms with E-state index >= 15 is 0 Å². The third-order valence-electron chi connectivity index (χ3n) is 4.79. The lowest BCUT2D eigenvalue weighted by atomic mass is 9.89. The summed E-state index contributed by atoms with van der Waals surface area (Å²) < 4.78 is 0. The van der Waals surface area contributed by atoms with Crippen LogP contribution in [0.15, 0.2) is 84.5 Å². The smallest absolute Gasteiger partial charge is 0.00867 e. The first kappa shape index (κ1) is 30.1. The highest BCUT2D eigenvalue weighted by Crippen LogP contribution is 2.27. The van der Waals surface area contributed by atoms with Crippen LogP contribution in [-0.2, 0) is 0 Å². The fourth-order valence-electron chi connectivity index (χ4n) is 3.13. The fourth-order valence-corrected chi connectivity index (χ4v) is 3.13. The SMILES string of the molecule is C/C=C\C(=C/CC)C(C)CC.CC.CC.CCC(c1ccccc1)c1ccccc1. The van der Waals surface area contributed by atoms with Gasteiger partial charge in [0.05, 0.1) is 0 Å². The monoisotopic (exact) mass is 408 g/mol. The zero-order chi connectivity index (χ0) is 23.2. The van der Waals surface area contributed by atoms with E-state index in [1.54, 1.807) is 0 Å². The second-order valence-corrected chi connectivity index (χ2v) is 6.70. The highest BCUT2D eigenvalue weighted by molar-refractivity contribution is 5.31. The maximum absolute atomic E-state index is 2.31. The van der Waals surface area contributed by atoms with Crippen molar-refractivity contribution in [1.29, 1.82) is 0 Å². The van der Waals surface area contributed by atoms with Crippen molar-refractivity contribution in [2.45, 2.75) is 87.5 Å². The molecule has 168 valence electrons. The van der Waals surface area contributed by atoms with Crippen molar-refractivity contribution >= 4 is 0 Å². The van der Waals surface area contributed by atoms with Gasteiger partial charge in [-0.15, -0.1) is 0 Å². The van der Waals surface area contributed by atoms with Crippen LogP contribution >= 0.6 is 0 Å². The normalized spacial score (nSPS) is 11.5. The molecule has 0 saturated heterocycles. The first-order valence-corrected chi connectivity index (χ1v) is 12.1. The Morgan fingerprint density at radius 1 is 0.733 bits per heavy atom. The van der Waals surface area contributed by atoms with Crippen LogP contribution in [0.4, 0.5) is 0 Å². The average Bonchev–Trinajstić information content (AvgIpc) is 2.83. The third kappa shape index (κ3) is 12.5. The summed E-state index contributed by atoms with van der Waals surface area (Å²) in [6.45, 7) is 19.0. The summed E-state index contributed by atoms with van der Waals surface area (Å²) in [7, 11) is 0. The van der Waals surface area contributed by atoms with Crippen LogP contribution in [0, 0.1) is 5.92 Å². The molecule has 30 heavy (non-hydrogen) atoms. The van der Waals surface area contributed by atoms with Gasteiger partial charge in [-0.1, -0.05) is 134 Å². The predicted octanol–water partition coefficient (Wildman–Crippen LogP) is 10.2. The molecule has 0 heterocycles. The van der Waals surface area contributed by atoms with Crippen molar-refractivity contribution in [2.24, 2.45) is 5.92 Å². The maximum atomic E-state index is 2.31. The second-order valence-electron chi connectivity index (χ2n) is 6.70. The van der Waals surface area contributed by atoms with Crippen LogP contribution < -0.4 is 0 Å². The van der Waals surface area contributed by atoms with Crippen LogP contribution in [0.2, 0.25) is 0 Å². The molecule has 0 N–H and O–H groups in total. The standard InChI is InChI=1S/C15H16.C11H20.2C2H6/c1-2-15(13-9-5-3-6-10-13)14-11-7-4-8-12-14;1-5-8-11(9-6-2)10(4)7-3;2*1-2/h3-12,15H,2H2,1H3;5,8-10H,6-7H2,1-4H3;2*1-2H3/b;8-5-,11-9+;;. The summed E-state index contributed by atoms with van der Waals surface area (Å²) in [5, 5.41) is 0. The Bertz CT molecular complexity index is 595. The lowest BCUT2D eigenvalue weighted by Crippen LogP contribution is -1.98. The van der Waals surface area contributed by atoms with Crippen LogP contribution in [0.25, 0.3) is 0 Å². The molecule has 0 aliphatic carbocycles. The molecule has 1 unspecified atom stereocenters. The van der Waals surface area contributed by atoms with E-state index < -0.39 is 0 Å². The molecule has 0 aliphatic rings. The van der Waals surface area contributed by atoms with Gasteiger partial charge in [0.25, 0.3) is 0 Å². The Morgan fingerprint density at radius 2 is 1.17 bits per heavy atom. The van der Waals surface area contributed by atoms with Gasteiger partial charge in [0.2, 0.25) is 0 Å². The Kier molecular flexibility index (Phi) is 21.7. The maximum Gasteiger partial charge on any atom is 0.00867 e. The van der Waals surface area contributed by atoms with Crippen molar-refractivity contribution in [3.8, 4) is 0 Å². The molecule has 0 aliphatic heterocycles. The van der Waals surface area contributed by atoms with Gasteiger partial charge in [0, 0.05) is 5.92 Å². The molecule has 0 saturated carbocycles. The Hall–Kier alpha value is -2.08. The van der Waals surface area contributed by atoms with Crippen LogP contribution in [-0.4, -0.2) is 0 Å². The first-order chi connectivity index (χ1) is 14.7. The lowest BCUT2D eigenvalue weighted by Gasteiger charge is -2.15. The Morgan fingerprint density at radius 3 is 1.47 bits per heavy atom. The molecule has 0 nitrogen and oxygen atoms in total. The van der Waals surface area contributed by atoms with Crippen molar-refractivity contribution in [3.63, 3.8) is 0 Å². The minimum atomic E-state index is 0.535. The largest absolute Gasteiger partial charge is 0.0874 e. The Labute approximate surface area is 189 Å². The zero-order valence-corrected chi connectivity index (χ0v) is 21.3. The quantitative estimate of drug-likeness (QED) is 0.400. The summed E-state index contributed by atoms with van der Waals surface area (Å²) in [6, 6.07) is 21.4. The number of hydrogen-bond donors (Lipinski definition) is 0. The van der Waals surface area contributed by atoms with Gasteiger partial charge in [0.1, 0.15) is 0 Å². The van der Waals surface area contributed by atoms with E-state index in [1.807, 2.05) is 27.7 Å². The summed E-state index contributed by atoms with van der Waals surface area (Å²) in [5.41, 5.74) is 4.30. The molecule has 0 radical (unpaired) electrons. The molecule has 2 aromatic rings. The van der Waals surface area contributed by atoms with Crippen molar-refractivity contribution in [3.05, 3.63) is 95.6 Å². The number of rotatable bonds is 7. The van der Waals surface area contributed by atoms with E-state index in [4.69, 9.17) is 0 Å². The second kappa shape index (κ2) is 21.6. The summed E-state index contributed by atoms with van der Waals surface area (Å²) in [6.07, 6.45) is 10.2. The van der Waals surface area contributed by atoms with E-state index in [0.717, 1.165) is 12.8 Å². The fraction of sp³-hybridized carbons (Fsp3) is 0.467. The average molecular weight is 409 g/mol. The van der Waals surface area contributed by atoms with Gasteiger partial charge in [-0.2, -0.15) is 0 Å². The number of hydrogen-bond acceptors (Lipinski definition) is 0. The number of allylic oxidation sites excluding steroid dienone is 4. The van der Waals surface area contributed by atoms with E-state index in [0.29, 0.717) is 11.8 Å². The molecule has 0 aromatic heterocycles. The van der Waals surface area contributed by atoms with Crippen LogP contribution in [0.5, 0.6) is 0 Å². The number of benzene rings is 2. The summed E-state index contributed by atoms with van der Waals surface area (Å²) in [5.74, 6) is 1.25. The van der Waals surface area contributed by atoms with E-state index in [-0.39, 0.29) is 0 Å². The minimum Gasteiger partial charge on any atom is -0.0874 e. The van der Waals surface area contributed by atoms with Crippen LogP contribution in [0.3, 0.4) is 0 Å². The Balaban J connectivity index is 0. The van der Waals surface area contributed by atoms with Crippen molar-refractivity contribution < 1.29 is 0 Å². The van der Waals surface area contributed by atoms with Gasteiger partial charge in [-0.05, 0) is 48.8 Å². The van der Waals surface area contributed by atoms with Crippen molar-refractivity contribution in [2.75, 3.05) is 0 Å². The van der Waals surface area contributed by atoms with Gasteiger partial charge < -0.3 is 0 Å². The molecule has 0 amide bonds. The third-order valence-corrected chi connectivity index (χ3v) is 4.79. The van der Waals surface area contributed by atoms with E-state index in [9.17, 15) is 0 Å². The molecule has 1 atom stereocenters. The van der Waals surface area contributed by atoms with E-state index in [2.05, 4.69) is 114 Å². The zero-order valence-electron chi connectivity index (χ0n) is 21.3. The highest BCUT2D eigenvalue weighted by Gasteiger charge is 2.10. The van der Waals surface area contributed by atoms with Crippen LogP contribution in [0.1, 0.15) is 98.6 Å². The van der Waals surface area contributed by atoms with E-state index in [1.165, 1.54) is 23.1 Å². The topological polar surface area (TPSA) is 0 Å². The molecule has 2 aromatic carbocycles. The van der Waals surface area contributed by atoms with Gasteiger partial charge in [-0.25, -0.2) is 0 Å². The molecular weight excluding hydrogens is 360 g/mol. The van der Waals surface area contributed by atoms with Gasteiger partial charge >= 0.3 is 0 Å². The molecule has 0 bridgehead atoms. The minimum absolute atomic E-state index is 0.535. The van der Waals surface area contributed by atoms with Gasteiger partial charge in [0.15, 0.2) is 0 Å². The summed E-state index contributed by atoms with van der Waals surface area (Å²) in [4.78, 5) is 0. The predicted molar refractivity (Wildman–Crippen MR) is 140 cm³/mol. The molecule has 0 fully saturated rings. The lowest BCUT2D eigenvalue weighted by molar-refractivity contribution is 0.667. The molecular formula is C30H48. The first-order valence-electron chi connectivity index (χ1n) is 12.1. The molecule has 2 rings (SSSR count).